The molecule has 0 atom stereocenters. The van der Waals surface area contributed by atoms with Crippen molar-refractivity contribution >= 4 is 87.0 Å². The van der Waals surface area contributed by atoms with Crippen molar-refractivity contribution in [2.75, 3.05) is 0 Å². The molecule has 0 spiro atoms. The van der Waals surface area contributed by atoms with Crippen LogP contribution < -0.4 is 9.97 Å². The molecule has 7 heteroatoms. The molecule has 0 saturated heterocycles. The zero-order valence-electron chi connectivity index (χ0n) is 40.3. The van der Waals surface area contributed by atoms with Gasteiger partial charge in [0.25, 0.3) is 0 Å². The van der Waals surface area contributed by atoms with Gasteiger partial charge in [0.2, 0.25) is 0 Å². The molecule has 5 heterocycles. The summed E-state index contributed by atoms with van der Waals surface area (Å²) in [5.41, 5.74) is 17.0. The summed E-state index contributed by atoms with van der Waals surface area (Å²) in [5, 5.41) is 12.8. The van der Waals surface area contributed by atoms with Gasteiger partial charge >= 0.3 is 21.1 Å². The maximum atomic E-state index is 6.04. The Morgan fingerprint density at radius 2 is 0.603 bits per heavy atom. The first-order chi connectivity index (χ1) is 35.2. The van der Waals surface area contributed by atoms with Gasteiger partial charge in [0.05, 0.1) is 23.0 Å². The van der Waals surface area contributed by atoms with Gasteiger partial charge in [0.1, 0.15) is 0 Å². The molecule has 15 rings (SSSR count). The number of aryl methyl sites for hydroxylation is 4. The molecule has 0 unspecified atom stereocenters. The second-order valence-corrected chi connectivity index (χ2v) is 19.8. The average molecular weight is 1110 g/mol. The molecule has 73 heavy (non-hydrogen) atoms. The Morgan fingerprint density at radius 3 is 0.945 bits per heavy atom. The van der Waals surface area contributed by atoms with Gasteiger partial charge in [-0.25, -0.2) is 4.98 Å². The predicted molar refractivity (Wildman–Crippen MR) is 298 cm³/mol. The Kier molecular flexibility index (Phi) is 9.61. The second-order valence-electron chi connectivity index (χ2n) is 19.8. The van der Waals surface area contributed by atoms with E-state index in [4.69, 9.17) is 29.9 Å². The van der Waals surface area contributed by atoms with Crippen molar-refractivity contribution in [2.24, 2.45) is 0 Å². The number of aromatic nitrogens is 6. The van der Waals surface area contributed by atoms with Crippen LogP contribution in [-0.4, -0.2) is 19.9 Å². The fourth-order valence-corrected chi connectivity index (χ4v) is 11.7. The zero-order valence-corrected chi connectivity index (χ0v) is 42.6. The van der Waals surface area contributed by atoms with Crippen molar-refractivity contribution in [3.63, 3.8) is 0 Å². The van der Waals surface area contributed by atoms with Crippen molar-refractivity contribution in [3.8, 4) is 67.5 Å². The minimum atomic E-state index is 0. The van der Waals surface area contributed by atoms with E-state index in [1.165, 1.54) is 0 Å². The summed E-state index contributed by atoms with van der Waals surface area (Å²) in [7, 11) is 0. The molecule has 3 aromatic heterocycles. The summed E-state index contributed by atoms with van der Waals surface area (Å²) in [5.74, 6) is 1.12. The van der Waals surface area contributed by atoms with E-state index in [0.717, 1.165) is 154 Å². The molecular weight excluding hydrogens is 1070 g/mol. The van der Waals surface area contributed by atoms with E-state index < -0.39 is 0 Å². The first-order valence-electron chi connectivity index (χ1n) is 24.6. The van der Waals surface area contributed by atoms with E-state index in [2.05, 4.69) is 210 Å². The van der Waals surface area contributed by atoms with E-state index in [-0.39, 0.29) is 21.1 Å². The Bertz CT molecular complexity index is 4420. The third kappa shape index (κ3) is 6.81. The van der Waals surface area contributed by atoms with Gasteiger partial charge in [0, 0.05) is 33.4 Å². The van der Waals surface area contributed by atoms with Crippen LogP contribution in [0.15, 0.2) is 182 Å². The van der Waals surface area contributed by atoms with Gasteiger partial charge in [-0.1, -0.05) is 156 Å². The summed E-state index contributed by atoms with van der Waals surface area (Å²) in [6.07, 6.45) is 0. The minimum absolute atomic E-state index is 0. The largest absolute Gasteiger partial charge is 2.00 e. The van der Waals surface area contributed by atoms with Crippen LogP contribution in [0.2, 0.25) is 0 Å². The quantitative estimate of drug-likeness (QED) is 0.172. The van der Waals surface area contributed by atoms with Crippen molar-refractivity contribution in [1.82, 2.24) is 29.9 Å². The number of hydrogen-bond donors (Lipinski definition) is 0. The van der Waals surface area contributed by atoms with Crippen LogP contribution in [0, 0.1) is 27.7 Å². The average Bonchev–Trinajstić information content (AvgIpc) is 4.11. The molecule has 0 radical (unpaired) electrons. The van der Waals surface area contributed by atoms with Crippen LogP contribution in [0.5, 0.6) is 0 Å². The summed E-state index contributed by atoms with van der Waals surface area (Å²) in [4.78, 5) is 34.0. The summed E-state index contributed by atoms with van der Waals surface area (Å²) < 4.78 is 0. The SMILES string of the molecule is Cc1cc(C)cc(-c2c3nc(c(-c4cc(C)cc(C)c4)c4[n-]c(nc5nc(nc6[n-]c2c2cc7ccccc7cc62)-c2cc6ccccc6cc2-5)c2cc5ccccc5cc42)-c2cc4ccccc4cc2-3)c1.[Pt+2]. The molecular formula is C66H42N6Pt. The molecule has 0 aliphatic carbocycles. The van der Waals surface area contributed by atoms with Gasteiger partial charge < -0.3 is 19.9 Å². The van der Waals surface area contributed by atoms with E-state index in [0.29, 0.717) is 22.9 Å². The standard InChI is InChI=1S/C66H42N6.Pt/c1-35-21-36(2)24-47(23-35)57-59-49-27-39-13-5-6-14-40(39)28-50(49)60(67-59)58(48-25-37(3)22-38(4)26-48)62-52-30-42-16-8-10-18-44(42)32-54(52)64(69-62)71-66-56-34-46-20-12-11-19-45(46)33-55(56)65(72-66)70-63-53-31-43-17-9-7-15-41(43)29-51(53)61(57)68-63;/h5-34H,1-4H3;/q-2;+2. The molecule has 2 aliphatic heterocycles. The Balaban J connectivity index is 0.00000493. The molecule has 2 aliphatic rings. The topological polar surface area (TPSA) is 79.8 Å². The molecule has 0 fully saturated rings. The molecule has 8 bridgehead atoms. The molecule has 13 aromatic rings. The molecule has 6 nitrogen and oxygen atoms in total. The fourth-order valence-electron chi connectivity index (χ4n) is 11.7. The van der Waals surface area contributed by atoms with Crippen LogP contribution in [0.4, 0.5) is 0 Å². The number of benzene rings is 10. The van der Waals surface area contributed by atoms with Gasteiger partial charge in [-0.3, -0.25) is 4.98 Å². The fraction of sp³-hybridized carbons (Fsp3) is 0.0606. The van der Waals surface area contributed by atoms with E-state index in [9.17, 15) is 0 Å². The molecule has 0 saturated carbocycles. The van der Waals surface area contributed by atoms with Crippen LogP contribution in [0.3, 0.4) is 0 Å². The van der Waals surface area contributed by atoms with E-state index in [1.54, 1.807) is 0 Å². The Labute approximate surface area is 434 Å². The van der Waals surface area contributed by atoms with Crippen molar-refractivity contribution in [3.05, 3.63) is 204 Å². The Hall–Kier alpha value is -8.57. The maximum absolute atomic E-state index is 6.04. The first kappa shape index (κ1) is 43.2. The van der Waals surface area contributed by atoms with Crippen LogP contribution >= 0.6 is 0 Å². The smallest absolute Gasteiger partial charge is 0.435 e. The molecule has 0 amide bonds. The molecule has 0 N–H and O–H groups in total. The van der Waals surface area contributed by atoms with Crippen molar-refractivity contribution in [1.29, 1.82) is 0 Å². The number of nitrogens with zero attached hydrogens (tertiary/aromatic N) is 6. The van der Waals surface area contributed by atoms with Crippen LogP contribution in [-0.2, 0) is 21.1 Å². The summed E-state index contributed by atoms with van der Waals surface area (Å²) in [6.45, 7) is 8.69. The normalized spacial score (nSPS) is 12.0. The van der Waals surface area contributed by atoms with Gasteiger partial charge in [0.15, 0.2) is 0 Å². The number of rotatable bonds is 2. The van der Waals surface area contributed by atoms with Gasteiger partial charge in [-0.15, -0.1) is 0 Å². The zero-order chi connectivity index (χ0) is 47.9. The predicted octanol–water partition coefficient (Wildman–Crippen LogP) is 16.5. The Morgan fingerprint density at radius 1 is 0.301 bits per heavy atom. The number of hydrogen-bond acceptors (Lipinski definition) is 4. The third-order valence-corrected chi connectivity index (χ3v) is 14.8. The van der Waals surface area contributed by atoms with Crippen LogP contribution in [0.1, 0.15) is 22.3 Å². The van der Waals surface area contributed by atoms with Crippen LogP contribution in [0.25, 0.3) is 155 Å². The van der Waals surface area contributed by atoms with Crippen molar-refractivity contribution in [2.45, 2.75) is 27.7 Å². The van der Waals surface area contributed by atoms with Gasteiger partial charge in [-0.05, 0) is 174 Å². The first-order valence-corrected chi connectivity index (χ1v) is 24.6. The third-order valence-electron chi connectivity index (χ3n) is 14.8. The maximum Gasteiger partial charge on any atom is 2.00 e. The van der Waals surface area contributed by atoms with Gasteiger partial charge in [-0.2, -0.15) is 0 Å². The molecule has 346 valence electrons. The van der Waals surface area contributed by atoms with E-state index in [1.807, 2.05) is 0 Å². The molecule has 10 aromatic carbocycles. The second kappa shape index (κ2) is 16.2. The monoisotopic (exact) mass is 1110 g/mol. The minimum Gasteiger partial charge on any atom is -0.435 e. The summed E-state index contributed by atoms with van der Waals surface area (Å²) in [6, 6.07) is 65.8. The summed E-state index contributed by atoms with van der Waals surface area (Å²) >= 11 is 0. The number of fused-ring (bicyclic) bond motifs is 24. The van der Waals surface area contributed by atoms with Crippen molar-refractivity contribution < 1.29 is 21.1 Å². The van der Waals surface area contributed by atoms with E-state index >= 15 is 0 Å².